The second kappa shape index (κ2) is 10.6. The minimum Gasteiger partial charge on any atom is -0.500 e. The first kappa shape index (κ1) is 25.9. The molecule has 3 aromatic rings. The van der Waals surface area contributed by atoms with Crippen LogP contribution < -0.4 is 24.8 Å². The van der Waals surface area contributed by atoms with Gasteiger partial charge in [0.05, 0.1) is 49.1 Å². The predicted molar refractivity (Wildman–Crippen MR) is 146 cm³/mol. The van der Waals surface area contributed by atoms with Crippen LogP contribution in [-0.4, -0.2) is 36.6 Å². The molecule has 39 heavy (non-hydrogen) atoms. The van der Waals surface area contributed by atoms with Crippen molar-refractivity contribution < 1.29 is 29.0 Å². The van der Waals surface area contributed by atoms with Crippen LogP contribution >= 0.6 is 0 Å². The third-order valence-corrected chi connectivity index (χ3v) is 7.10. The molecule has 3 atom stereocenters. The number of para-hydroxylation sites is 2. The Hall–Kier alpha value is -4.73. The van der Waals surface area contributed by atoms with E-state index in [-0.39, 0.29) is 30.5 Å². The third-order valence-electron chi connectivity index (χ3n) is 7.10. The molecular weight excluding hydrogens is 502 g/mol. The number of nitrogens with zero attached hydrogens (tertiary/aromatic N) is 1. The highest BCUT2D eigenvalue weighted by Crippen LogP contribution is 2.48. The maximum absolute atomic E-state index is 13.9. The van der Waals surface area contributed by atoms with Crippen molar-refractivity contribution in [2.75, 3.05) is 31.5 Å². The van der Waals surface area contributed by atoms with Gasteiger partial charge in [-0.3, -0.25) is 14.9 Å². The lowest BCUT2D eigenvalue weighted by atomic mass is 9.76. The average molecular weight is 532 g/mol. The molecule has 0 bridgehead atoms. The maximum Gasteiger partial charge on any atom is 0.315 e. The third kappa shape index (κ3) is 4.81. The van der Waals surface area contributed by atoms with Crippen molar-refractivity contribution in [3.8, 4) is 23.0 Å². The minimum atomic E-state index is -0.691. The second-order valence-electron chi connectivity index (χ2n) is 9.35. The summed E-state index contributed by atoms with van der Waals surface area (Å²) in [7, 11) is 3.17. The van der Waals surface area contributed by atoms with Crippen LogP contribution in [0.3, 0.4) is 0 Å². The first-order chi connectivity index (χ1) is 18.8. The van der Waals surface area contributed by atoms with Gasteiger partial charge in [-0.2, -0.15) is 0 Å². The number of anilines is 2. The van der Waals surface area contributed by atoms with Crippen LogP contribution in [0, 0.1) is 16.0 Å². The largest absolute Gasteiger partial charge is 0.500 e. The van der Waals surface area contributed by atoms with Gasteiger partial charge < -0.3 is 30.0 Å². The molecule has 1 aliphatic carbocycles. The number of allylic oxidation sites excluding steroid dienone is 1. The molecule has 0 amide bonds. The minimum absolute atomic E-state index is 0.0122. The van der Waals surface area contributed by atoms with Crippen LogP contribution in [0.4, 0.5) is 17.1 Å². The molecular formula is C29H29N3O7. The van der Waals surface area contributed by atoms with E-state index in [9.17, 15) is 20.0 Å². The molecule has 202 valence electrons. The summed E-state index contributed by atoms with van der Waals surface area (Å²) in [4.78, 5) is 25.1. The zero-order valence-corrected chi connectivity index (χ0v) is 21.8. The van der Waals surface area contributed by atoms with Crippen LogP contribution in [0.2, 0.25) is 0 Å². The first-order valence-electron chi connectivity index (χ1n) is 12.6. The summed E-state index contributed by atoms with van der Waals surface area (Å²) in [6, 6.07) is 15.2. The molecule has 0 unspecified atom stereocenters. The smallest absolute Gasteiger partial charge is 0.315 e. The lowest BCUT2D eigenvalue weighted by Gasteiger charge is -2.33. The number of ketones is 1. The van der Waals surface area contributed by atoms with Gasteiger partial charge in [0.2, 0.25) is 5.75 Å². The molecule has 0 radical (unpaired) electrons. The summed E-state index contributed by atoms with van der Waals surface area (Å²) in [5.41, 5.74) is 2.94. The highest BCUT2D eigenvalue weighted by Gasteiger charge is 2.41. The first-order valence-corrected chi connectivity index (χ1v) is 12.6. The number of hydrogen-bond acceptors (Lipinski definition) is 9. The van der Waals surface area contributed by atoms with Crippen molar-refractivity contribution in [3.63, 3.8) is 0 Å². The van der Waals surface area contributed by atoms with Crippen LogP contribution in [0.1, 0.15) is 36.4 Å². The second-order valence-corrected chi connectivity index (χ2v) is 9.35. The van der Waals surface area contributed by atoms with E-state index in [1.54, 1.807) is 33.3 Å². The molecule has 5 rings (SSSR count). The molecule has 0 spiro atoms. The molecule has 0 fully saturated rings. The lowest BCUT2D eigenvalue weighted by Crippen LogP contribution is -2.34. The number of fused-ring (bicyclic) bond motifs is 2. The number of ether oxygens (including phenoxy) is 3. The van der Waals surface area contributed by atoms with E-state index in [0.717, 1.165) is 16.9 Å². The molecule has 3 aromatic carbocycles. The zero-order valence-electron chi connectivity index (χ0n) is 21.8. The number of phenols is 1. The number of hydrogen-bond donors (Lipinski definition) is 3. The van der Waals surface area contributed by atoms with E-state index in [0.29, 0.717) is 22.8 Å². The number of aromatic hydroxyl groups is 1. The maximum atomic E-state index is 13.9. The Morgan fingerprint density at radius 3 is 2.51 bits per heavy atom. The van der Waals surface area contributed by atoms with Crippen molar-refractivity contribution in [1.82, 2.24) is 0 Å². The Labute approximate surface area is 225 Å². The standard InChI is InChI=1S/C29H29N3O7/c1-4-39-26-14-17(12-23(29(26)34)32(35)36)28-27-22(30-20-7-5-6-8-21(20)31-28)11-16(13-24(27)33)19-15-18(37-2)9-10-25(19)38-3/h5-12,14-16,27-28,30-31,34H,4,13H2,1-3H3/t16-,27+,28+/m0/s1. The number of benzene rings is 3. The lowest BCUT2D eigenvalue weighted by molar-refractivity contribution is -0.386. The molecule has 10 nitrogen and oxygen atoms in total. The summed E-state index contributed by atoms with van der Waals surface area (Å²) in [5.74, 6) is -0.311. The van der Waals surface area contributed by atoms with E-state index < -0.39 is 28.3 Å². The number of nitrogens with one attached hydrogen (secondary N) is 2. The predicted octanol–water partition coefficient (Wildman–Crippen LogP) is 5.55. The van der Waals surface area contributed by atoms with Gasteiger partial charge in [0.25, 0.3) is 0 Å². The molecule has 10 heteroatoms. The van der Waals surface area contributed by atoms with Crippen molar-refractivity contribution in [1.29, 1.82) is 0 Å². The quantitative estimate of drug-likeness (QED) is 0.265. The van der Waals surface area contributed by atoms with Gasteiger partial charge in [-0.25, -0.2) is 0 Å². The van der Waals surface area contributed by atoms with Crippen LogP contribution in [0.15, 0.2) is 66.4 Å². The van der Waals surface area contributed by atoms with Gasteiger partial charge in [-0.15, -0.1) is 0 Å². The average Bonchev–Trinajstić information content (AvgIpc) is 3.10. The molecule has 1 aliphatic heterocycles. The summed E-state index contributed by atoms with van der Waals surface area (Å²) in [5, 5.41) is 29.1. The monoisotopic (exact) mass is 531 g/mol. The van der Waals surface area contributed by atoms with E-state index in [1.165, 1.54) is 6.07 Å². The summed E-state index contributed by atoms with van der Waals surface area (Å²) in [6.45, 7) is 1.93. The Morgan fingerprint density at radius 2 is 1.82 bits per heavy atom. The molecule has 0 saturated carbocycles. The summed E-state index contributed by atoms with van der Waals surface area (Å²) in [6.07, 6.45) is 2.20. The van der Waals surface area contributed by atoms with Gasteiger partial charge in [0.1, 0.15) is 17.3 Å². The topological polar surface area (TPSA) is 132 Å². The highest BCUT2D eigenvalue weighted by atomic mass is 16.6. The van der Waals surface area contributed by atoms with Gasteiger partial charge >= 0.3 is 5.69 Å². The molecule has 0 saturated heterocycles. The molecule has 0 aromatic heterocycles. The van der Waals surface area contributed by atoms with E-state index in [4.69, 9.17) is 14.2 Å². The Balaban J connectivity index is 1.67. The summed E-state index contributed by atoms with van der Waals surface area (Å²) < 4.78 is 16.5. The van der Waals surface area contributed by atoms with Crippen molar-refractivity contribution in [2.45, 2.75) is 25.3 Å². The number of rotatable bonds is 7. The number of nitro benzene ring substituents is 1. The number of phenolic OH excluding ortho intramolecular Hbond substituents is 1. The Morgan fingerprint density at radius 1 is 1.05 bits per heavy atom. The van der Waals surface area contributed by atoms with E-state index in [1.807, 2.05) is 42.5 Å². The SMILES string of the molecule is CCOc1cc([C@H]2Nc3ccccc3NC3=C[C@H](c4cc(OC)ccc4OC)CC(=O)[C@@H]32)cc([N+](=O)[O-])c1O. The zero-order chi connectivity index (χ0) is 27.7. The molecule has 2 aliphatic rings. The van der Waals surface area contributed by atoms with Gasteiger partial charge in [0.15, 0.2) is 5.75 Å². The fraction of sp³-hybridized carbons (Fsp3) is 0.276. The van der Waals surface area contributed by atoms with Gasteiger partial charge in [-0.05, 0) is 48.9 Å². The molecule has 3 N–H and O–H groups in total. The Kier molecular flexibility index (Phi) is 7.02. The van der Waals surface area contributed by atoms with Crippen molar-refractivity contribution >= 4 is 22.8 Å². The van der Waals surface area contributed by atoms with E-state index >= 15 is 0 Å². The highest BCUT2D eigenvalue weighted by molar-refractivity contribution is 5.91. The van der Waals surface area contributed by atoms with Crippen LogP contribution in [0.25, 0.3) is 0 Å². The van der Waals surface area contributed by atoms with Crippen molar-refractivity contribution in [2.24, 2.45) is 5.92 Å². The summed E-state index contributed by atoms with van der Waals surface area (Å²) >= 11 is 0. The van der Waals surface area contributed by atoms with Gasteiger partial charge in [-0.1, -0.05) is 18.2 Å². The van der Waals surface area contributed by atoms with E-state index in [2.05, 4.69) is 10.6 Å². The normalized spacial score (nSPS) is 19.8. The van der Waals surface area contributed by atoms with Gasteiger partial charge in [0, 0.05) is 29.7 Å². The number of carbonyl (C=O) groups is 1. The number of nitro groups is 1. The van der Waals surface area contributed by atoms with Crippen LogP contribution in [0.5, 0.6) is 23.0 Å². The fourth-order valence-electron chi connectivity index (χ4n) is 5.31. The Bertz CT molecular complexity index is 1470. The van der Waals surface area contributed by atoms with Crippen LogP contribution in [-0.2, 0) is 4.79 Å². The number of Topliss-reactive ketones (excluding diaryl/α,β-unsaturated/α-hetero) is 1. The molecule has 1 heterocycles. The number of methoxy groups -OCH3 is 2. The fourth-order valence-corrected chi connectivity index (χ4v) is 5.31. The van der Waals surface area contributed by atoms with Crippen molar-refractivity contribution in [3.05, 3.63) is 87.6 Å². The number of carbonyl (C=O) groups excluding carboxylic acids is 1.